The van der Waals surface area contributed by atoms with Crippen LogP contribution in [0, 0.1) is 13.8 Å². The van der Waals surface area contributed by atoms with Crippen molar-refractivity contribution >= 4 is 0 Å². The first-order chi connectivity index (χ1) is 4.72. The zero-order chi connectivity index (χ0) is 7.56. The highest BCUT2D eigenvalue weighted by molar-refractivity contribution is 4.93. The minimum atomic E-state index is 1.02. The van der Waals surface area contributed by atoms with Crippen molar-refractivity contribution in [3.05, 3.63) is 23.8 Å². The van der Waals surface area contributed by atoms with E-state index in [-0.39, 0.29) is 0 Å². The molecule has 0 unspecified atom stereocenters. The average molecular weight is 137 g/mol. The predicted octanol–water partition coefficient (Wildman–Crippen LogP) is 1.01. The highest BCUT2D eigenvalue weighted by Crippen LogP contribution is 1.89. The van der Waals surface area contributed by atoms with E-state index in [9.17, 15) is 0 Å². The van der Waals surface area contributed by atoms with Crippen LogP contribution in [0.5, 0.6) is 0 Å². The minimum Gasteiger partial charge on any atom is -0.246 e. The van der Waals surface area contributed by atoms with Crippen molar-refractivity contribution in [1.82, 2.24) is 4.98 Å². The van der Waals surface area contributed by atoms with Crippen molar-refractivity contribution in [3.8, 4) is 0 Å². The molecule has 2 nitrogen and oxygen atoms in total. The van der Waals surface area contributed by atoms with E-state index in [1.54, 1.807) is 0 Å². The molecule has 1 heterocycles. The largest absolute Gasteiger partial charge is 0.246 e. The van der Waals surface area contributed by atoms with Crippen molar-refractivity contribution in [2.75, 3.05) is 0 Å². The molecular weight excluding hydrogens is 124 g/mol. The zero-order valence-corrected chi connectivity index (χ0v) is 6.76. The smallest absolute Gasteiger partial charge is 0.190 e. The van der Waals surface area contributed by atoms with Gasteiger partial charge in [-0.2, -0.15) is 0 Å². The lowest BCUT2D eigenvalue weighted by Gasteiger charge is -1.94. The summed E-state index contributed by atoms with van der Waals surface area (Å²) in [5, 5.41) is 0. The molecule has 0 radical (unpaired) electrons. The molecule has 1 aromatic rings. The van der Waals surface area contributed by atoms with Crippen molar-refractivity contribution in [1.29, 1.82) is 0 Å². The van der Waals surface area contributed by atoms with E-state index < -0.39 is 0 Å². The van der Waals surface area contributed by atoms with Crippen LogP contribution in [0.15, 0.2) is 12.4 Å². The van der Waals surface area contributed by atoms with Crippen LogP contribution in [0.1, 0.15) is 18.3 Å². The summed E-state index contributed by atoms with van der Waals surface area (Å²) in [4.78, 5) is 4.26. The maximum Gasteiger partial charge on any atom is 0.190 e. The van der Waals surface area contributed by atoms with Crippen LogP contribution in [0.25, 0.3) is 0 Å². The second-order valence-electron chi connectivity index (χ2n) is 2.48. The number of aryl methyl sites for hydroxylation is 3. The normalized spacial score (nSPS) is 9.90. The molecule has 0 bridgehead atoms. The molecule has 0 atom stereocenters. The van der Waals surface area contributed by atoms with Crippen molar-refractivity contribution in [2.45, 2.75) is 27.3 Å². The molecule has 0 aliphatic heterocycles. The summed E-state index contributed by atoms with van der Waals surface area (Å²) in [6.45, 7) is 7.17. The molecular formula is C8H13N2+. The Kier molecular flexibility index (Phi) is 2.00. The molecule has 0 saturated carbocycles. The van der Waals surface area contributed by atoms with E-state index in [4.69, 9.17) is 0 Å². The van der Waals surface area contributed by atoms with Gasteiger partial charge in [0, 0.05) is 0 Å². The van der Waals surface area contributed by atoms with Crippen molar-refractivity contribution in [3.63, 3.8) is 0 Å². The van der Waals surface area contributed by atoms with Crippen molar-refractivity contribution < 1.29 is 4.57 Å². The first-order valence-electron chi connectivity index (χ1n) is 3.56. The lowest BCUT2D eigenvalue weighted by molar-refractivity contribution is -0.694. The first kappa shape index (κ1) is 7.19. The Hall–Kier alpha value is -0.920. The highest BCUT2D eigenvalue weighted by Gasteiger charge is 1.99. The summed E-state index contributed by atoms with van der Waals surface area (Å²) in [6.07, 6.45) is 4.10. The second kappa shape index (κ2) is 2.78. The van der Waals surface area contributed by atoms with Gasteiger partial charge in [-0.15, -0.1) is 0 Å². The SMILES string of the molecule is CC[n+]1cc(C)nc(C)c1. The molecule has 0 fully saturated rings. The van der Waals surface area contributed by atoms with Crippen LogP contribution >= 0.6 is 0 Å². The molecule has 0 N–H and O–H groups in total. The third-order valence-electron chi connectivity index (χ3n) is 1.42. The van der Waals surface area contributed by atoms with E-state index in [1.165, 1.54) is 0 Å². The van der Waals surface area contributed by atoms with E-state index in [0.29, 0.717) is 0 Å². The van der Waals surface area contributed by atoms with Gasteiger partial charge < -0.3 is 0 Å². The monoisotopic (exact) mass is 137 g/mol. The van der Waals surface area contributed by atoms with Gasteiger partial charge >= 0.3 is 0 Å². The van der Waals surface area contributed by atoms with Crippen LogP contribution < -0.4 is 4.57 Å². The summed E-state index contributed by atoms with van der Waals surface area (Å²) in [5.41, 5.74) is 2.17. The Morgan fingerprint density at radius 1 is 1.30 bits per heavy atom. The number of aromatic nitrogens is 2. The van der Waals surface area contributed by atoms with Crippen molar-refractivity contribution in [2.24, 2.45) is 0 Å². The molecule has 1 aromatic heterocycles. The van der Waals surface area contributed by atoms with Crippen LogP contribution in [-0.4, -0.2) is 4.98 Å². The van der Waals surface area contributed by atoms with Gasteiger partial charge in [0.15, 0.2) is 12.4 Å². The quantitative estimate of drug-likeness (QED) is 0.528. The van der Waals surface area contributed by atoms with Crippen LogP contribution in [0.4, 0.5) is 0 Å². The molecule has 0 aromatic carbocycles. The second-order valence-corrected chi connectivity index (χ2v) is 2.48. The predicted molar refractivity (Wildman–Crippen MR) is 39.6 cm³/mol. The molecule has 0 saturated heterocycles. The summed E-state index contributed by atoms with van der Waals surface area (Å²) >= 11 is 0. The van der Waals surface area contributed by atoms with Gasteiger partial charge in [-0.25, -0.2) is 9.55 Å². The van der Waals surface area contributed by atoms with Crippen LogP contribution in [0.2, 0.25) is 0 Å². The Labute approximate surface area is 61.5 Å². The van der Waals surface area contributed by atoms with E-state index in [0.717, 1.165) is 17.9 Å². The summed E-state index contributed by atoms with van der Waals surface area (Å²) < 4.78 is 2.14. The van der Waals surface area contributed by atoms with E-state index >= 15 is 0 Å². The number of nitrogens with zero attached hydrogens (tertiary/aromatic N) is 2. The summed E-state index contributed by atoms with van der Waals surface area (Å²) in [5.74, 6) is 0. The lowest BCUT2D eigenvalue weighted by Crippen LogP contribution is -2.32. The molecule has 54 valence electrons. The molecule has 0 spiro atoms. The topological polar surface area (TPSA) is 16.8 Å². The molecule has 1 rings (SSSR count). The minimum absolute atomic E-state index is 1.02. The van der Waals surface area contributed by atoms with Gasteiger partial charge in [-0.1, -0.05) is 0 Å². The van der Waals surface area contributed by atoms with Gasteiger partial charge in [-0.05, 0) is 20.8 Å². The fourth-order valence-electron chi connectivity index (χ4n) is 1.04. The van der Waals surface area contributed by atoms with Crippen LogP contribution in [-0.2, 0) is 6.54 Å². The number of hydrogen-bond donors (Lipinski definition) is 0. The maximum atomic E-state index is 4.26. The Morgan fingerprint density at radius 3 is 2.20 bits per heavy atom. The molecule has 0 amide bonds. The van der Waals surface area contributed by atoms with Gasteiger partial charge in [0.2, 0.25) is 0 Å². The summed E-state index contributed by atoms with van der Waals surface area (Å²) in [6, 6.07) is 0. The third-order valence-corrected chi connectivity index (χ3v) is 1.42. The first-order valence-corrected chi connectivity index (χ1v) is 3.56. The molecule has 0 aliphatic rings. The molecule has 10 heavy (non-hydrogen) atoms. The molecule has 0 aliphatic carbocycles. The third kappa shape index (κ3) is 1.53. The van der Waals surface area contributed by atoms with Gasteiger partial charge in [-0.3, -0.25) is 0 Å². The highest BCUT2D eigenvalue weighted by atomic mass is 15.0. The Balaban J connectivity index is 3.06. The van der Waals surface area contributed by atoms with E-state index in [1.807, 2.05) is 26.2 Å². The summed E-state index contributed by atoms with van der Waals surface area (Å²) in [7, 11) is 0. The van der Waals surface area contributed by atoms with Gasteiger partial charge in [0.25, 0.3) is 0 Å². The zero-order valence-electron chi connectivity index (χ0n) is 6.76. The van der Waals surface area contributed by atoms with Gasteiger partial charge in [0.05, 0.1) is 0 Å². The maximum absolute atomic E-state index is 4.26. The fourth-order valence-corrected chi connectivity index (χ4v) is 1.04. The number of hydrogen-bond acceptors (Lipinski definition) is 1. The van der Waals surface area contributed by atoms with Gasteiger partial charge in [0.1, 0.15) is 17.9 Å². The fraction of sp³-hybridized carbons (Fsp3) is 0.500. The lowest BCUT2D eigenvalue weighted by atomic mass is 10.4. The molecule has 2 heteroatoms. The van der Waals surface area contributed by atoms with Crippen LogP contribution in [0.3, 0.4) is 0 Å². The number of rotatable bonds is 1. The van der Waals surface area contributed by atoms with E-state index in [2.05, 4.69) is 16.5 Å². The Morgan fingerprint density at radius 2 is 1.80 bits per heavy atom. The Bertz CT molecular complexity index is 210. The average Bonchev–Trinajstić information content (AvgIpc) is 1.85. The standard InChI is InChI=1S/C8H13N2/c1-4-10-5-7(2)9-8(3)6-10/h5-6H,4H2,1-3H3/q+1.